The lowest BCUT2D eigenvalue weighted by molar-refractivity contribution is 0.126. The number of nitrogen functional groups attached to an aromatic ring is 1. The van der Waals surface area contributed by atoms with Crippen LogP contribution in [-0.2, 0) is 5.41 Å². The Morgan fingerprint density at radius 1 is 1.14 bits per heavy atom. The smallest absolute Gasteiger partial charge is 0.138 e. The summed E-state index contributed by atoms with van der Waals surface area (Å²) in [5, 5.41) is 9.98. The van der Waals surface area contributed by atoms with E-state index in [9.17, 15) is 5.11 Å². The Morgan fingerprint density at radius 3 is 2.24 bits per heavy atom. The Bertz CT molecular complexity index is 538. The van der Waals surface area contributed by atoms with E-state index < -0.39 is 0 Å². The second-order valence-corrected chi connectivity index (χ2v) is 7.55. The summed E-state index contributed by atoms with van der Waals surface area (Å²) >= 11 is 0. The zero-order valence-corrected chi connectivity index (χ0v) is 13.4. The molecule has 0 aromatic carbocycles. The second-order valence-electron chi connectivity index (χ2n) is 7.55. The van der Waals surface area contributed by atoms with E-state index >= 15 is 0 Å². The first-order chi connectivity index (χ1) is 9.77. The number of fused-ring (bicyclic) bond motifs is 2. The number of piperidine rings is 1. The van der Waals surface area contributed by atoms with E-state index in [-0.39, 0.29) is 11.5 Å². The highest BCUT2D eigenvalue weighted by Gasteiger charge is 2.42. The lowest BCUT2D eigenvalue weighted by Gasteiger charge is -2.39. The van der Waals surface area contributed by atoms with Crippen molar-refractivity contribution in [2.45, 2.75) is 77.0 Å². The molecule has 2 saturated heterocycles. The Morgan fingerprint density at radius 2 is 1.71 bits per heavy atom. The van der Waals surface area contributed by atoms with Crippen molar-refractivity contribution in [1.82, 2.24) is 9.97 Å². The fraction of sp³-hybridized carbons (Fsp3) is 0.750. The summed E-state index contributed by atoms with van der Waals surface area (Å²) < 4.78 is 0. The van der Waals surface area contributed by atoms with Gasteiger partial charge in [0.25, 0.3) is 0 Å². The van der Waals surface area contributed by atoms with Gasteiger partial charge in [-0.25, -0.2) is 9.97 Å². The minimum Gasteiger partial charge on any atom is -0.393 e. The van der Waals surface area contributed by atoms with Gasteiger partial charge in [-0.2, -0.15) is 0 Å². The number of hydrogen-bond donors (Lipinski definition) is 2. The second kappa shape index (κ2) is 4.83. The van der Waals surface area contributed by atoms with Crippen molar-refractivity contribution in [3.63, 3.8) is 0 Å². The summed E-state index contributed by atoms with van der Waals surface area (Å²) in [6.07, 6.45) is 3.78. The van der Waals surface area contributed by atoms with Crippen LogP contribution in [0.15, 0.2) is 0 Å². The zero-order valence-electron chi connectivity index (χ0n) is 13.4. The number of anilines is 2. The molecule has 1 aromatic rings. The molecule has 116 valence electrons. The van der Waals surface area contributed by atoms with Gasteiger partial charge in [-0.3, -0.25) is 0 Å². The predicted molar refractivity (Wildman–Crippen MR) is 84.4 cm³/mol. The number of rotatable bonds is 1. The van der Waals surface area contributed by atoms with Gasteiger partial charge in [0.2, 0.25) is 0 Å². The van der Waals surface area contributed by atoms with Gasteiger partial charge in [-0.1, -0.05) is 20.8 Å². The van der Waals surface area contributed by atoms with Crippen molar-refractivity contribution in [3.05, 3.63) is 11.4 Å². The molecule has 0 saturated carbocycles. The SMILES string of the molecule is Cc1c(N)nc(C(C)(C)C)nc1N1C2CCC1CC(O)C2. The minimum absolute atomic E-state index is 0.120. The van der Waals surface area contributed by atoms with Crippen LogP contribution < -0.4 is 10.6 Å². The van der Waals surface area contributed by atoms with Gasteiger partial charge in [0.1, 0.15) is 17.5 Å². The van der Waals surface area contributed by atoms with Gasteiger partial charge in [0.05, 0.1) is 6.10 Å². The highest BCUT2D eigenvalue weighted by Crippen LogP contribution is 2.41. The minimum atomic E-state index is -0.166. The predicted octanol–water partition coefficient (Wildman–Crippen LogP) is 2.16. The average molecular weight is 290 g/mol. The van der Waals surface area contributed by atoms with E-state index in [1.807, 2.05) is 6.92 Å². The summed E-state index contributed by atoms with van der Waals surface area (Å²) in [6.45, 7) is 8.32. The molecule has 3 N–H and O–H groups in total. The molecule has 1 aromatic heterocycles. The van der Waals surface area contributed by atoms with E-state index in [2.05, 4.69) is 30.7 Å². The largest absolute Gasteiger partial charge is 0.393 e. The maximum Gasteiger partial charge on any atom is 0.138 e. The van der Waals surface area contributed by atoms with Crippen LogP contribution in [0.3, 0.4) is 0 Å². The van der Waals surface area contributed by atoms with Crippen molar-refractivity contribution >= 4 is 11.6 Å². The molecular formula is C16H26N4O. The molecule has 0 spiro atoms. The molecule has 3 heterocycles. The van der Waals surface area contributed by atoms with Gasteiger partial charge in [0, 0.05) is 23.1 Å². The van der Waals surface area contributed by atoms with Crippen LogP contribution in [0.4, 0.5) is 11.6 Å². The Labute approximate surface area is 126 Å². The Kier molecular flexibility index (Phi) is 3.35. The molecule has 2 fully saturated rings. The summed E-state index contributed by atoms with van der Waals surface area (Å²) in [6, 6.07) is 0.777. The van der Waals surface area contributed by atoms with Crippen LogP contribution in [0.1, 0.15) is 57.8 Å². The van der Waals surface area contributed by atoms with E-state index in [1.54, 1.807) is 0 Å². The highest BCUT2D eigenvalue weighted by molar-refractivity contribution is 5.59. The first-order valence-corrected chi connectivity index (χ1v) is 7.88. The van der Waals surface area contributed by atoms with Crippen LogP contribution in [0.5, 0.6) is 0 Å². The van der Waals surface area contributed by atoms with Crippen molar-refractivity contribution in [2.24, 2.45) is 0 Å². The van der Waals surface area contributed by atoms with Gasteiger partial charge in [-0.05, 0) is 32.6 Å². The number of aromatic nitrogens is 2. The molecule has 0 radical (unpaired) electrons. The van der Waals surface area contributed by atoms with Crippen LogP contribution in [0.25, 0.3) is 0 Å². The Balaban J connectivity index is 2.04. The van der Waals surface area contributed by atoms with E-state index in [1.165, 1.54) is 0 Å². The molecular weight excluding hydrogens is 264 g/mol. The van der Waals surface area contributed by atoms with Gasteiger partial charge >= 0.3 is 0 Å². The fourth-order valence-corrected chi connectivity index (χ4v) is 3.60. The van der Waals surface area contributed by atoms with Crippen molar-refractivity contribution in [3.8, 4) is 0 Å². The normalized spacial score (nSPS) is 29.0. The van der Waals surface area contributed by atoms with Crippen LogP contribution >= 0.6 is 0 Å². The summed E-state index contributed by atoms with van der Waals surface area (Å²) in [5.41, 5.74) is 6.98. The third-order valence-electron chi connectivity index (χ3n) is 4.78. The number of aliphatic hydroxyl groups excluding tert-OH is 1. The molecule has 2 aliphatic rings. The lowest BCUT2D eigenvalue weighted by Crippen LogP contribution is -2.46. The van der Waals surface area contributed by atoms with Crippen LogP contribution in [0, 0.1) is 6.92 Å². The molecule has 3 rings (SSSR count). The molecule has 2 unspecified atom stereocenters. The van der Waals surface area contributed by atoms with E-state index in [4.69, 9.17) is 10.7 Å². The number of nitrogens with two attached hydrogens (primary N) is 1. The quantitative estimate of drug-likeness (QED) is 0.829. The summed E-state index contributed by atoms with van der Waals surface area (Å²) in [4.78, 5) is 11.7. The molecule has 5 heteroatoms. The number of hydrogen-bond acceptors (Lipinski definition) is 5. The molecule has 21 heavy (non-hydrogen) atoms. The summed E-state index contributed by atoms with van der Waals surface area (Å²) in [7, 11) is 0. The van der Waals surface area contributed by atoms with Crippen LogP contribution in [0.2, 0.25) is 0 Å². The first kappa shape index (κ1) is 14.6. The molecule has 2 aliphatic heterocycles. The third kappa shape index (κ3) is 2.48. The van der Waals surface area contributed by atoms with Crippen LogP contribution in [-0.4, -0.2) is 33.3 Å². The van der Waals surface area contributed by atoms with Gasteiger partial charge in [0.15, 0.2) is 0 Å². The number of aliphatic hydroxyl groups is 1. The third-order valence-corrected chi connectivity index (χ3v) is 4.78. The van der Waals surface area contributed by atoms with E-state index in [0.29, 0.717) is 17.9 Å². The Hall–Kier alpha value is -1.36. The van der Waals surface area contributed by atoms with Crippen molar-refractivity contribution in [2.75, 3.05) is 10.6 Å². The molecule has 2 atom stereocenters. The van der Waals surface area contributed by atoms with Crippen molar-refractivity contribution < 1.29 is 5.11 Å². The van der Waals surface area contributed by atoms with Gasteiger partial charge < -0.3 is 15.7 Å². The topological polar surface area (TPSA) is 75.3 Å². The zero-order chi connectivity index (χ0) is 15.4. The number of nitrogens with zero attached hydrogens (tertiary/aromatic N) is 3. The maximum absolute atomic E-state index is 9.98. The average Bonchev–Trinajstić information content (AvgIpc) is 2.64. The molecule has 2 bridgehead atoms. The van der Waals surface area contributed by atoms with Gasteiger partial charge in [-0.15, -0.1) is 0 Å². The summed E-state index contributed by atoms with van der Waals surface area (Å²) in [5.74, 6) is 2.35. The monoisotopic (exact) mass is 290 g/mol. The maximum atomic E-state index is 9.98. The van der Waals surface area contributed by atoms with E-state index in [0.717, 1.165) is 42.9 Å². The molecule has 0 aliphatic carbocycles. The lowest BCUT2D eigenvalue weighted by atomic mass is 9.95. The fourth-order valence-electron chi connectivity index (χ4n) is 3.60. The highest BCUT2D eigenvalue weighted by atomic mass is 16.3. The standard InChI is InChI=1S/C16H26N4O/c1-9-13(17)18-15(16(2,3)4)19-14(9)20-10-5-6-11(20)8-12(21)7-10/h10-12,21H,5-8H2,1-4H3,(H2,17,18,19). The first-order valence-electron chi connectivity index (χ1n) is 7.88. The molecule has 5 nitrogen and oxygen atoms in total. The molecule has 0 amide bonds. The van der Waals surface area contributed by atoms with Crippen molar-refractivity contribution in [1.29, 1.82) is 0 Å².